The van der Waals surface area contributed by atoms with Gasteiger partial charge in [-0.2, -0.15) is 0 Å². The van der Waals surface area contributed by atoms with Crippen LogP contribution in [0.5, 0.6) is 0 Å². The fraction of sp³-hybridized carbons (Fsp3) is 0.429. The summed E-state index contributed by atoms with van der Waals surface area (Å²) in [5.41, 5.74) is 0.536. The maximum absolute atomic E-state index is 11.1. The van der Waals surface area contributed by atoms with Gasteiger partial charge in [-0.15, -0.1) is 0 Å². The van der Waals surface area contributed by atoms with Crippen molar-refractivity contribution in [2.75, 3.05) is 13.1 Å². The van der Waals surface area contributed by atoms with Crippen LogP contribution in [0.2, 0.25) is 0 Å². The lowest BCUT2D eigenvalue weighted by atomic mass is 10.3. The summed E-state index contributed by atoms with van der Waals surface area (Å²) in [5.74, 6) is -0.0932. The summed E-state index contributed by atoms with van der Waals surface area (Å²) in [7, 11) is 0. The second kappa shape index (κ2) is 3.75. The minimum Gasteiger partial charge on any atom is -0.384 e. The van der Waals surface area contributed by atoms with Gasteiger partial charge in [-0.3, -0.25) is 9.79 Å². The van der Waals surface area contributed by atoms with Crippen LogP contribution in [0.25, 0.3) is 0 Å². The van der Waals surface area contributed by atoms with Gasteiger partial charge in [0.15, 0.2) is 0 Å². The van der Waals surface area contributed by atoms with Gasteiger partial charge in [0.1, 0.15) is 5.71 Å². The normalized spacial score (nSPS) is 15.2. The average molecular weight is 153 g/mol. The molecule has 0 aliphatic carbocycles. The van der Waals surface area contributed by atoms with Gasteiger partial charge in [-0.1, -0.05) is 0 Å². The monoisotopic (exact) mass is 153 g/mol. The molecule has 1 heterocycles. The van der Waals surface area contributed by atoms with E-state index in [2.05, 4.69) is 15.6 Å². The van der Waals surface area contributed by atoms with Gasteiger partial charge in [-0.05, 0) is 6.92 Å². The highest BCUT2D eigenvalue weighted by atomic mass is 16.1. The molecule has 2 N–H and O–H groups in total. The molecule has 4 heteroatoms. The molecule has 0 saturated heterocycles. The third kappa shape index (κ3) is 2.07. The van der Waals surface area contributed by atoms with E-state index in [1.165, 1.54) is 0 Å². The zero-order valence-corrected chi connectivity index (χ0v) is 6.42. The summed E-state index contributed by atoms with van der Waals surface area (Å²) in [6, 6.07) is 0. The Balaban J connectivity index is 2.52. The van der Waals surface area contributed by atoms with Crippen molar-refractivity contribution in [2.24, 2.45) is 4.99 Å². The lowest BCUT2D eigenvalue weighted by molar-refractivity contribution is -0.114. The second-order valence-electron chi connectivity index (χ2n) is 2.13. The number of carbonyl (C=O) groups is 1. The number of aliphatic imine (C=N–C) groups is 1. The topological polar surface area (TPSA) is 53.5 Å². The van der Waals surface area contributed by atoms with E-state index in [4.69, 9.17) is 0 Å². The number of hydrogen-bond donors (Lipinski definition) is 2. The van der Waals surface area contributed by atoms with Crippen LogP contribution in [0.3, 0.4) is 0 Å². The fourth-order valence-electron chi connectivity index (χ4n) is 0.783. The lowest BCUT2D eigenvalue weighted by Crippen LogP contribution is -2.37. The molecule has 4 nitrogen and oxygen atoms in total. The number of nitrogens with one attached hydrogen (secondary N) is 2. The molecule has 0 aromatic heterocycles. The Hall–Kier alpha value is -1.32. The molecule has 0 radical (unpaired) electrons. The van der Waals surface area contributed by atoms with Crippen LogP contribution in [0.4, 0.5) is 0 Å². The number of rotatable bonds is 2. The molecular formula is C7H11N3O. The van der Waals surface area contributed by atoms with E-state index in [9.17, 15) is 4.79 Å². The first kappa shape index (κ1) is 7.78. The summed E-state index contributed by atoms with van der Waals surface area (Å²) in [6.45, 7) is 3.04. The van der Waals surface area contributed by atoms with Gasteiger partial charge in [-0.25, -0.2) is 0 Å². The van der Waals surface area contributed by atoms with Crippen molar-refractivity contribution in [3.8, 4) is 0 Å². The van der Waals surface area contributed by atoms with E-state index in [1.807, 2.05) is 6.92 Å². The Bertz CT molecular complexity index is 208. The largest absolute Gasteiger partial charge is 0.384 e. The van der Waals surface area contributed by atoms with Gasteiger partial charge >= 0.3 is 0 Å². The van der Waals surface area contributed by atoms with Crippen molar-refractivity contribution in [2.45, 2.75) is 6.92 Å². The SMILES string of the molecule is CCNC(=O)C1=NC=CNC1. The number of amides is 1. The standard InChI is InChI=1S/C7H11N3O/c1-2-9-7(11)6-5-8-3-4-10-6/h3-4,8H,2,5H2,1H3,(H,9,11). The average Bonchev–Trinajstić information content (AvgIpc) is 2.07. The lowest BCUT2D eigenvalue weighted by Gasteiger charge is -2.08. The molecule has 0 aromatic rings. The molecule has 0 atom stereocenters. The minimum atomic E-state index is -0.0932. The third-order valence-electron chi connectivity index (χ3n) is 1.29. The molecule has 0 aromatic carbocycles. The zero-order chi connectivity index (χ0) is 8.10. The van der Waals surface area contributed by atoms with Crippen LogP contribution < -0.4 is 10.6 Å². The smallest absolute Gasteiger partial charge is 0.267 e. The number of hydrogen-bond acceptors (Lipinski definition) is 3. The van der Waals surface area contributed by atoms with Gasteiger partial charge in [0.05, 0.1) is 6.54 Å². The predicted octanol–water partition coefficient (Wildman–Crippen LogP) is -0.362. The first-order valence-electron chi connectivity index (χ1n) is 3.58. The Morgan fingerprint density at radius 1 is 1.91 bits per heavy atom. The van der Waals surface area contributed by atoms with Gasteiger partial charge in [0.25, 0.3) is 5.91 Å². The third-order valence-corrected chi connectivity index (χ3v) is 1.29. The molecule has 1 amide bonds. The first-order chi connectivity index (χ1) is 5.34. The van der Waals surface area contributed by atoms with Crippen molar-refractivity contribution in [1.29, 1.82) is 0 Å². The molecule has 11 heavy (non-hydrogen) atoms. The Morgan fingerprint density at radius 3 is 3.27 bits per heavy atom. The van der Waals surface area contributed by atoms with Crippen LogP contribution in [-0.4, -0.2) is 24.7 Å². The highest BCUT2D eigenvalue weighted by molar-refractivity contribution is 6.40. The van der Waals surface area contributed by atoms with Crippen molar-refractivity contribution in [3.63, 3.8) is 0 Å². The molecular weight excluding hydrogens is 142 g/mol. The van der Waals surface area contributed by atoms with Gasteiger partial charge in [0, 0.05) is 18.9 Å². The van der Waals surface area contributed by atoms with Crippen LogP contribution in [0.15, 0.2) is 17.4 Å². The number of nitrogens with zero attached hydrogens (tertiary/aromatic N) is 1. The van der Waals surface area contributed by atoms with E-state index in [1.54, 1.807) is 12.4 Å². The number of carbonyl (C=O) groups excluding carboxylic acids is 1. The zero-order valence-electron chi connectivity index (χ0n) is 6.42. The molecule has 0 unspecified atom stereocenters. The summed E-state index contributed by atoms with van der Waals surface area (Å²) in [4.78, 5) is 15.0. The molecule has 1 aliphatic rings. The summed E-state index contributed by atoms with van der Waals surface area (Å²) in [5, 5.41) is 5.57. The van der Waals surface area contributed by atoms with Crippen LogP contribution in [0, 0.1) is 0 Å². The fourth-order valence-corrected chi connectivity index (χ4v) is 0.783. The molecule has 0 saturated carbocycles. The molecule has 0 bridgehead atoms. The Morgan fingerprint density at radius 2 is 2.73 bits per heavy atom. The van der Waals surface area contributed by atoms with Crippen molar-refractivity contribution < 1.29 is 4.79 Å². The highest BCUT2D eigenvalue weighted by Gasteiger charge is 2.09. The maximum atomic E-state index is 11.1. The second-order valence-corrected chi connectivity index (χ2v) is 2.13. The molecule has 60 valence electrons. The Kier molecular flexibility index (Phi) is 2.66. The van der Waals surface area contributed by atoms with Crippen LogP contribution in [0.1, 0.15) is 6.92 Å². The quantitative estimate of drug-likeness (QED) is 0.569. The maximum Gasteiger partial charge on any atom is 0.267 e. The van der Waals surface area contributed by atoms with Crippen molar-refractivity contribution in [1.82, 2.24) is 10.6 Å². The molecule has 1 aliphatic heterocycles. The van der Waals surface area contributed by atoms with Crippen molar-refractivity contribution >= 4 is 11.6 Å². The van der Waals surface area contributed by atoms with Crippen LogP contribution in [-0.2, 0) is 4.79 Å². The van der Waals surface area contributed by atoms with Crippen molar-refractivity contribution in [3.05, 3.63) is 12.4 Å². The van der Waals surface area contributed by atoms with E-state index >= 15 is 0 Å². The molecule has 0 fully saturated rings. The van der Waals surface area contributed by atoms with E-state index in [0.29, 0.717) is 18.8 Å². The highest BCUT2D eigenvalue weighted by Crippen LogP contribution is 1.86. The van der Waals surface area contributed by atoms with Crippen LogP contribution >= 0.6 is 0 Å². The Labute approximate surface area is 65.4 Å². The molecule has 1 rings (SSSR count). The molecule has 0 spiro atoms. The summed E-state index contributed by atoms with van der Waals surface area (Å²) in [6.07, 6.45) is 3.29. The summed E-state index contributed by atoms with van der Waals surface area (Å²) >= 11 is 0. The predicted molar refractivity (Wildman–Crippen MR) is 43.3 cm³/mol. The van der Waals surface area contributed by atoms with Gasteiger partial charge in [0.2, 0.25) is 0 Å². The minimum absolute atomic E-state index is 0.0932. The van der Waals surface area contributed by atoms with E-state index in [0.717, 1.165) is 0 Å². The first-order valence-corrected chi connectivity index (χ1v) is 3.58. The summed E-state index contributed by atoms with van der Waals surface area (Å²) < 4.78 is 0. The van der Waals surface area contributed by atoms with E-state index < -0.39 is 0 Å². The van der Waals surface area contributed by atoms with Gasteiger partial charge < -0.3 is 10.6 Å². The van der Waals surface area contributed by atoms with E-state index in [-0.39, 0.29) is 5.91 Å².